The molecule has 0 amide bonds. The van der Waals surface area contributed by atoms with Crippen LogP contribution in [-0.4, -0.2) is 9.55 Å². The molecule has 0 aliphatic carbocycles. The number of benzene rings is 3. The predicted molar refractivity (Wildman–Crippen MR) is 118 cm³/mol. The van der Waals surface area contributed by atoms with Crippen molar-refractivity contribution in [2.45, 2.75) is 6.54 Å². The Balaban J connectivity index is 1.86. The highest BCUT2D eigenvalue weighted by Gasteiger charge is 2.19. The standard InChI is InChI=1S/C24H15ClN2O3/c25-17-12-10-16(11-13-17)22-26-23-20(21(28)18-8-4-5-9-19(18)30-23)24(29)27(22)14-15-6-2-1-3-7-15/h1-13H,14H2. The van der Waals surface area contributed by atoms with E-state index in [4.69, 9.17) is 16.0 Å². The second-order valence-corrected chi connectivity index (χ2v) is 7.36. The van der Waals surface area contributed by atoms with E-state index in [1.165, 1.54) is 4.57 Å². The van der Waals surface area contributed by atoms with E-state index in [0.29, 0.717) is 27.4 Å². The average Bonchev–Trinajstić information content (AvgIpc) is 2.77. The third kappa shape index (κ3) is 3.09. The Bertz CT molecular complexity index is 1500. The summed E-state index contributed by atoms with van der Waals surface area (Å²) in [5, 5.41) is 0.880. The van der Waals surface area contributed by atoms with Crippen molar-refractivity contribution in [1.29, 1.82) is 0 Å². The molecule has 0 atom stereocenters. The molecule has 3 aromatic carbocycles. The van der Waals surface area contributed by atoms with Crippen LogP contribution in [0, 0.1) is 0 Å². The first-order chi connectivity index (χ1) is 14.6. The summed E-state index contributed by atoms with van der Waals surface area (Å²) < 4.78 is 7.35. The van der Waals surface area contributed by atoms with Crippen LogP contribution in [0.4, 0.5) is 0 Å². The van der Waals surface area contributed by atoms with Crippen LogP contribution in [0.3, 0.4) is 0 Å². The molecule has 5 rings (SSSR count). The van der Waals surface area contributed by atoms with Gasteiger partial charge in [-0.2, -0.15) is 4.98 Å². The SMILES string of the molecule is O=c1c2ccccc2oc2nc(-c3ccc(Cl)cc3)n(Cc3ccccc3)c(=O)c12. The van der Waals surface area contributed by atoms with Gasteiger partial charge in [-0.05, 0) is 42.0 Å². The Kier molecular flexibility index (Phi) is 4.45. The lowest BCUT2D eigenvalue weighted by molar-refractivity contribution is 0.635. The van der Waals surface area contributed by atoms with Crippen LogP contribution in [-0.2, 0) is 6.54 Å². The minimum atomic E-state index is -0.437. The zero-order chi connectivity index (χ0) is 20.7. The number of aromatic nitrogens is 2. The van der Waals surface area contributed by atoms with E-state index in [0.717, 1.165) is 5.56 Å². The Morgan fingerprint density at radius 2 is 1.57 bits per heavy atom. The second-order valence-electron chi connectivity index (χ2n) is 6.93. The van der Waals surface area contributed by atoms with Gasteiger partial charge >= 0.3 is 0 Å². The van der Waals surface area contributed by atoms with Crippen LogP contribution in [0.15, 0.2) is 92.9 Å². The van der Waals surface area contributed by atoms with Gasteiger partial charge in [-0.25, -0.2) is 0 Å². The van der Waals surface area contributed by atoms with Crippen molar-refractivity contribution in [3.8, 4) is 11.4 Å². The molecule has 30 heavy (non-hydrogen) atoms. The number of nitrogens with zero attached hydrogens (tertiary/aromatic N) is 2. The van der Waals surface area contributed by atoms with E-state index in [1.54, 1.807) is 48.5 Å². The Morgan fingerprint density at radius 1 is 0.867 bits per heavy atom. The lowest BCUT2D eigenvalue weighted by atomic mass is 10.1. The first kappa shape index (κ1) is 18.3. The highest BCUT2D eigenvalue weighted by Crippen LogP contribution is 2.23. The van der Waals surface area contributed by atoms with Gasteiger partial charge < -0.3 is 4.42 Å². The maximum Gasteiger partial charge on any atom is 0.269 e. The smallest absolute Gasteiger partial charge is 0.269 e. The highest BCUT2D eigenvalue weighted by molar-refractivity contribution is 6.30. The molecular weight excluding hydrogens is 400 g/mol. The molecule has 0 spiro atoms. The van der Waals surface area contributed by atoms with Gasteiger partial charge in [0.1, 0.15) is 11.4 Å². The van der Waals surface area contributed by atoms with E-state index in [1.807, 2.05) is 30.3 Å². The molecule has 0 radical (unpaired) electrons. The lowest BCUT2D eigenvalue weighted by Crippen LogP contribution is -2.28. The summed E-state index contributed by atoms with van der Waals surface area (Å²) in [5.41, 5.74) is 1.22. The fraction of sp³-hybridized carbons (Fsp3) is 0.0417. The number of hydrogen-bond acceptors (Lipinski definition) is 4. The zero-order valence-corrected chi connectivity index (χ0v) is 16.5. The van der Waals surface area contributed by atoms with Crippen molar-refractivity contribution >= 4 is 33.7 Å². The molecule has 0 aliphatic heterocycles. The molecule has 0 saturated heterocycles. The summed E-state index contributed by atoms with van der Waals surface area (Å²) in [5.74, 6) is 0.409. The van der Waals surface area contributed by atoms with Crippen LogP contribution in [0.1, 0.15) is 5.56 Å². The molecule has 0 bridgehead atoms. The second kappa shape index (κ2) is 7.28. The Morgan fingerprint density at radius 3 is 2.33 bits per heavy atom. The summed E-state index contributed by atoms with van der Waals surface area (Å²) >= 11 is 6.03. The first-order valence-electron chi connectivity index (χ1n) is 9.38. The topological polar surface area (TPSA) is 65.1 Å². The maximum atomic E-state index is 13.5. The number of rotatable bonds is 3. The maximum absolute atomic E-state index is 13.5. The van der Waals surface area contributed by atoms with Crippen LogP contribution < -0.4 is 11.0 Å². The van der Waals surface area contributed by atoms with Crippen molar-refractivity contribution < 1.29 is 4.42 Å². The molecule has 2 aromatic heterocycles. The van der Waals surface area contributed by atoms with Gasteiger partial charge in [-0.3, -0.25) is 14.2 Å². The molecule has 0 fully saturated rings. The molecule has 146 valence electrons. The summed E-state index contributed by atoms with van der Waals surface area (Å²) in [6.45, 7) is 0.271. The molecule has 0 aliphatic rings. The van der Waals surface area contributed by atoms with E-state index in [-0.39, 0.29) is 23.1 Å². The van der Waals surface area contributed by atoms with Crippen molar-refractivity contribution in [3.05, 3.63) is 110 Å². The van der Waals surface area contributed by atoms with Gasteiger partial charge in [0.15, 0.2) is 5.39 Å². The summed E-state index contributed by atoms with van der Waals surface area (Å²) in [6.07, 6.45) is 0. The third-order valence-electron chi connectivity index (χ3n) is 4.99. The van der Waals surface area contributed by atoms with Crippen LogP contribution in [0.25, 0.3) is 33.5 Å². The van der Waals surface area contributed by atoms with Crippen molar-refractivity contribution in [2.75, 3.05) is 0 Å². The van der Waals surface area contributed by atoms with Gasteiger partial charge in [-0.1, -0.05) is 54.1 Å². The van der Waals surface area contributed by atoms with Gasteiger partial charge in [0.05, 0.1) is 11.9 Å². The molecule has 5 aromatic rings. The predicted octanol–water partition coefficient (Wildman–Crippen LogP) is 4.87. The molecule has 6 heteroatoms. The van der Waals surface area contributed by atoms with E-state index in [2.05, 4.69) is 4.98 Å². The molecule has 0 unspecified atom stereocenters. The zero-order valence-electron chi connectivity index (χ0n) is 15.7. The third-order valence-corrected chi connectivity index (χ3v) is 5.24. The Labute approximate surface area is 175 Å². The first-order valence-corrected chi connectivity index (χ1v) is 9.76. The molecule has 5 nitrogen and oxygen atoms in total. The van der Waals surface area contributed by atoms with Crippen LogP contribution in [0.2, 0.25) is 5.02 Å². The summed E-state index contributed by atoms with van der Waals surface area (Å²) in [7, 11) is 0. The van der Waals surface area contributed by atoms with Crippen molar-refractivity contribution in [2.24, 2.45) is 0 Å². The van der Waals surface area contributed by atoms with Gasteiger partial charge in [0.25, 0.3) is 5.56 Å². The van der Waals surface area contributed by atoms with Crippen LogP contribution in [0.5, 0.6) is 0 Å². The summed E-state index contributed by atoms with van der Waals surface area (Å²) in [6, 6.07) is 23.4. The van der Waals surface area contributed by atoms with E-state index < -0.39 is 5.56 Å². The number of fused-ring (bicyclic) bond motifs is 2. The number of halogens is 1. The van der Waals surface area contributed by atoms with E-state index >= 15 is 0 Å². The largest absolute Gasteiger partial charge is 0.437 e. The van der Waals surface area contributed by atoms with Crippen LogP contribution >= 0.6 is 11.6 Å². The average molecular weight is 415 g/mol. The number of hydrogen-bond donors (Lipinski definition) is 0. The van der Waals surface area contributed by atoms with Crippen molar-refractivity contribution in [1.82, 2.24) is 9.55 Å². The van der Waals surface area contributed by atoms with Crippen molar-refractivity contribution in [3.63, 3.8) is 0 Å². The number of para-hydroxylation sites is 1. The highest BCUT2D eigenvalue weighted by atomic mass is 35.5. The molecule has 2 heterocycles. The lowest BCUT2D eigenvalue weighted by Gasteiger charge is -2.14. The van der Waals surface area contributed by atoms with Gasteiger partial charge in [-0.15, -0.1) is 0 Å². The molecule has 0 N–H and O–H groups in total. The van der Waals surface area contributed by atoms with Gasteiger partial charge in [0, 0.05) is 10.6 Å². The summed E-state index contributed by atoms with van der Waals surface area (Å²) in [4.78, 5) is 31.2. The molecule has 0 saturated carbocycles. The minimum absolute atomic E-state index is 0.0259. The fourth-order valence-electron chi connectivity index (χ4n) is 3.52. The molecular formula is C24H15ClN2O3. The normalized spacial score (nSPS) is 11.2. The Hall–Kier alpha value is -3.70. The quantitative estimate of drug-likeness (QED) is 0.395. The fourth-order valence-corrected chi connectivity index (χ4v) is 3.64. The van der Waals surface area contributed by atoms with E-state index in [9.17, 15) is 9.59 Å². The van der Waals surface area contributed by atoms with Gasteiger partial charge in [0.2, 0.25) is 11.1 Å². The monoisotopic (exact) mass is 414 g/mol. The minimum Gasteiger partial charge on any atom is -0.437 e.